The summed E-state index contributed by atoms with van der Waals surface area (Å²) in [5, 5.41) is 0. The summed E-state index contributed by atoms with van der Waals surface area (Å²) in [7, 11) is 0. The highest BCUT2D eigenvalue weighted by Gasteiger charge is 2.59. The Balaban J connectivity index is 2.65. The predicted octanol–water partition coefficient (Wildman–Crippen LogP) is 7.67. The molecule has 3 heteroatoms. The van der Waals surface area contributed by atoms with Gasteiger partial charge in [-0.15, -0.1) is 0 Å². The molecule has 0 aromatic heterocycles. The van der Waals surface area contributed by atoms with E-state index in [2.05, 4.69) is 13.8 Å². The van der Waals surface area contributed by atoms with Gasteiger partial charge >= 0.3 is 6.18 Å². The number of hydrogen-bond donors (Lipinski definition) is 0. The lowest BCUT2D eigenvalue weighted by Gasteiger charge is -2.39. The van der Waals surface area contributed by atoms with Gasteiger partial charge in [0.05, 0.1) is 5.41 Å². The SMILES string of the molecule is CCCCCCCC(CCCCC)C1(C(F)(F)F)CCCC1. The second-order valence-corrected chi connectivity index (χ2v) is 7.26. The summed E-state index contributed by atoms with van der Waals surface area (Å²) < 4.78 is 41.4. The van der Waals surface area contributed by atoms with Crippen molar-refractivity contribution in [2.45, 2.75) is 110 Å². The van der Waals surface area contributed by atoms with E-state index in [0.29, 0.717) is 12.8 Å². The van der Waals surface area contributed by atoms with Crippen LogP contribution in [0.2, 0.25) is 0 Å². The van der Waals surface area contributed by atoms with E-state index in [4.69, 9.17) is 0 Å². The van der Waals surface area contributed by atoms with Gasteiger partial charge in [-0.25, -0.2) is 0 Å². The van der Waals surface area contributed by atoms with Crippen LogP contribution in [0.5, 0.6) is 0 Å². The van der Waals surface area contributed by atoms with Crippen LogP contribution in [0.1, 0.15) is 104 Å². The van der Waals surface area contributed by atoms with Crippen LogP contribution in [0.4, 0.5) is 13.2 Å². The molecule has 1 aliphatic carbocycles. The first kappa shape index (κ1) is 19.8. The Bertz CT molecular complexity index is 277. The normalized spacial score (nSPS) is 19.5. The lowest BCUT2D eigenvalue weighted by molar-refractivity contribution is -0.243. The zero-order valence-electron chi connectivity index (χ0n) is 14.6. The maximum absolute atomic E-state index is 13.8. The molecular weight excluding hydrogens is 285 g/mol. The predicted molar refractivity (Wildman–Crippen MR) is 88.0 cm³/mol. The summed E-state index contributed by atoms with van der Waals surface area (Å²) >= 11 is 0. The highest BCUT2D eigenvalue weighted by atomic mass is 19.4. The number of hydrogen-bond acceptors (Lipinski definition) is 0. The second-order valence-electron chi connectivity index (χ2n) is 7.26. The Kier molecular flexibility index (Phi) is 8.86. The van der Waals surface area contributed by atoms with Crippen molar-refractivity contribution in [1.82, 2.24) is 0 Å². The Morgan fingerprint density at radius 2 is 1.23 bits per heavy atom. The van der Waals surface area contributed by atoms with Crippen molar-refractivity contribution < 1.29 is 13.2 Å². The highest BCUT2D eigenvalue weighted by Crippen LogP contribution is 2.57. The van der Waals surface area contributed by atoms with E-state index in [9.17, 15) is 13.2 Å². The molecule has 0 amide bonds. The average Bonchev–Trinajstić information content (AvgIpc) is 2.95. The van der Waals surface area contributed by atoms with Crippen molar-refractivity contribution in [2.24, 2.45) is 11.3 Å². The third-order valence-corrected chi connectivity index (χ3v) is 5.65. The summed E-state index contributed by atoms with van der Waals surface area (Å²) in [5.41, 5.74) is -1.36. The van der Waals surface area contributed by atoms with Crippen LogP contribution in [0.3, 0.4) is 0 Å². The molecular formula is C19H35F3. The molecule has 1 aliphatic rings. The van der Waals surface area contributed by atoms with E-state index in [-0.39, 0.29) is 5.92 Å². The van der Waals surface area contributed by atoms with Crippen molar-refractivity contribution in [3.8, 4) is 0 Å². The average molecular weight is 320 g/mol. The summed E-state index contributed by atoms with van der Waals surface area (Å²) in [6.45, 7) is 4.29. The van der Waals surface area contributed by atoms with Gasteiger partial charge in [-0.3, -0.25) is 0 Å². The van der Waals surface area contributed by atoms with Crippen molar-refractivity contribution in [2.75, 3.05) is 0 Å². The number of unbranched alkanes of at least 4 members (excludes halogenated alkanes) is 6. The maximum Gasteiger partial charge on any atom is 0.394 e. The Hall–Kier alpha value is -0.210. The minimum Gasteiger partial charge on any atom is -0.170 e. The molecule has 1 rings (SSSR count). The fourth-order valence-electron chi connectivity index (χ4n) is 4.26. The number of alkyl halides is 3. The molecule has 1 fully saturated rings. The molecule has 0 aromatic rings. The van der Waals surface area contributed by atoms with Crippen molar-refractivity contribution in [3.63, 3.8) is 0 Å². The number of halogens is 3. The van der Waals surface area contributed by atoms with E-state index >= 15 is 0 Å². The monoisotopic (exact) mass is 320 g/mol. The first-order chi connectivity index (χ1) is 10.5. The van der Waals surface area contributed by atoms with Crippen LogP contribution in [-0.4, -0.2) is 6.18 Å². The molecule has 1 saturated carbocycles. The molecule has 1 unspecified atom stereocenters. The van der Waals surface area contributed by atoms with Crippen LogP contribution < -0.4 is 0 Å². The van der Waals surface area contributed by atoms with Gasteiger partial charge in [0.25, 0.3) is 0 Å². The van der Waals surface area contributed by atoms with E-state index in [1.807, 2.05) is 0 Å². The lowest BCUT2D eigenvalue weighted by atomic mass is 9.69. The molecule has 0 saturated heterocycles. The zero-order valence-corrected chi connectivity index (χ0v) is 14.6. The van der Waals surface area contributed by atoms with Crippen molar-refractivity contribution >= 4 is 0 Å². The van der Waals surface area contributed by atoms with Crippen LogP contribution in [0, 0.1) is 11.3 Å². The van der Waals surface area contributed by atoms with E-state index in [0.717, 1.165) is 57.8 Å². The lowest BCUT2D eigenvalue weighted by Crippen LogP contribution is -2.42. The zero-order chi connectivity index (χ0) is 16.5. The van der Waals surface area contributed by atoms with Gasteiger partial charge in [0, 0.05) is 0 Å². The molecule has 0 N–H and O–H groups in total. The summed E-state index contributed by atoms with van der Waals surface area (Å²) in [6.07, 6.45) is 8.62. The first-order valence-corrected chi connectivity index (χ1v) is 9.54. The van der Waals surface area contributed by atoms with Gasteiger partial charge in [-0.1, -0.05) is 78.1 Å². The summed E-state index contributed by atoms with van der Waals surface area (Å²) in [5.74, 6) is -0.136. The third-order valence-electron chi connectivity index (χ3n) is 5.65. The fraction of sp³-hybridized carbons (Fsp3) is 1.00. The van der Waals surface area contributed by atoms with Gasteiger partial charge in [0.2, 0.25) is 0 Å². The molecule has 0 bridgehead atoms. The summed E-state index contributed by atoms with van der Waals surface area (Å²) in [6, 6.07) is 0. The molecule has 0 aliphatic heterocycles. The quantitative estimate of drug-likeness (QED) is 0.343. The Labute approximate surface area is 135 Å². The minimum absolute atomic E-state index is 0.136. The second kappa shape index (κ2) is 9.82. The Morgan fingerprint density at radius 3 is 1.73 bits per heavy atom. The van der Waals surface area contributed by atoms with Crippen LogP contribution in [-0.2, 0) is 0 Å². The van der Waals surface area contributed by atoms with Crippen molar-refractivity contribution in [3.05, 3.63) is 0 Å². The molecule has 0 aromatic carbocycles. The Morgan fingerprint density at radius 1 is 0.773 bits per heavy atom. The molecule has 1 atom stereocenters. The van der Waals surface area contributed by atoms with E-state index in [1.54, 1.807) is 0 Å². The van der Waals surface area contributed by atoms with Crippen LogP contribution >= 0.6 is 0 Å². The van der Waals surface area contributed by atoms with Gasteiger partial charge < -0.3 is 0 Å². The molecule has 0 spiro atoms. The standard InChI is InChI=1S/C19H35F3/c1-3-5-7-8-10-14-17(13-9-6-4-2)18(19(20,21)22)15-11-12-16-18/h17H,3-16H2,1-2H3. The van der Waals surface area contributed by atoms with Gasteiger partial charge in [0.1, 0.15) is 0 Å². The van der Waals surface area contributed by atoms with E-state index in [1.165, 1.54) is 19.3 Å². The van der Waals surface area contributed by atoms with Crippen molar-refractivity contribution in [1.29, 1.82) is 0 Å². The van der Waals surface area contributed by atoms with Crippen LogP contribution in [0.25, 0.3) is 0 Å². The van der Waals surface area contributed by atoms with Gasteiger partial charge in [-0.2, -0.15) is 13.2 Å². The highest BCUT2D eigenvalue weighted by molar-refractivity contribution is 4.96. The minimum atomic E-state index is -4.01. The fourth-order valence-corrected chi connectivity index (χ4v) is 4.26. The maximum atomic E-state index is 13.8. The third kappa shape index (κ3) is 5.45. The molecule has 0 heterocycles. The topological polar surface area (TPSA) is 0 Å². The molecule has 0 nitrogen and oxygen atoms in total. The molecule has 22 heavy (non-hydrogen) atoms. The first-order valence-electron chi connectivity index (χ1n) is 9.54. The molecule has 0 radical (unpaired) electrons. The largest absolute Gasteiger partial charge is 0.394 e. The summed E-state index contributed by atoms with van der Waals surface area (Å²) in [4.78, 5) is 0. The van der Waals surface area contributed by atoms with Gasteiger partial charge in [-0.05, 0) is 31.6 Å². The van der Waals surface area contributed by atoms with Gasteiger partial charge in [0.15, 0.2) is 0 Å². The smallest absolute Gasteiger partial charge is 0.170 e. The number of rotatable bonds is 11. The van der Waals surface area contributed by atoms with E-state index < -0.39 is 11.6 Å². The van der Waals surface area contributed by atoms with Crippen LogP contribution in [0.15, 0.2) is 0 Å². The molecule has 132 valence electrons.